The van der Waals surface area contributed by atoms with Crippen molar-refractivity contribution in [1.82, 2.24) is 0 Å². The molecule has 13 heavy (non-hydrogen) atoms. The Bertz CT molecular complexity index is 402. The van der Waals surface area contributed by atoms with Crippen molar-refractivity contribution in [2.24, 2.45) is 0 Å². The first-order valence-electron chi connectivity index (χ1n) is 3.25. The normalized spacial score (nSPS) is 10.6. The van der Waals surface area contributed by atoms with E-state index in [0.717, 1.165) is 5.56 Å². The summed E-state index contributed by atoms with van der Waals surface area (Å²) >= 11 is 0. The Morgan fingerprint density at radius 1 is 1.38 bits per heavy atom. The van der Waals surface area contributed by atoms with Gasteiger partial charge < -0.3 is 5.73 Å². The molecule has 0 aliphatic heterocycles. The van der Waals surface area contributed by atoms with Crippen molar-refractivity contribution in [3.8, 4) is 0 Å². The Labute approximate surface area is 120 Å². The third-order valence-electron chi connectivity index (χ3n) is 1.55. The van der Waals surface area contributed by atoms with Crippen LogP contribution >= 0.6 is 0 Å². The maximum absolute atomic E-state index is 10.6. The molecule has 0 amide bonds. The van der Waals surface area contributed by atoms with Crippen molar-refractivity contribution < 1.29 is 13.0 Å². The van der Waals surface area contributed by atoms with Gasteiger partial charge in [-0.05, 0) is 24.6 Å². The summed E-state index contributed by atoms with van der Waals surface area (Å²) in [5.41, 5.74) is 6.57. The smallest absolute Gasteiger partial charge is 0.294 e. The van der Waals surface area contributed by atoms with Crippen LogP contribution in [0.25, 0.3) is 0 Å². The Hall–Kier alpha value is 0.566. The molecule has 0 atom stereocenters. The van der Waals surface area contributed by atoms with E-state index in [1.165, 1.54) is 12.1 Å². The monoisotopic (exact) mass is 226 g/mol. The topological polar surface area (TPSA) is 80.4 Å². The molecule has 1 aromatic carbocycles. The Balaban J connectivity index is 0.00000144. The second-order valence-corrected chi connectivity index (χ2v) is 3.91. The molecule has 3 N–H and O–H groups in total. The molecule has 0 saturated heterocycles. The van der Waals surface area contributed by atoms with Crippen LogP contribution < -0.4 is 5.73 Å². The van der Waals surface area contributed by atoms with Crippen LogP contribution in [-0.2, 0) is 10.1 Å². The summed E-state index contributed by atoms with van der Waals surface area (Å²) in [6, 6.07) is 4.07. The fourth-order valence-electron chi connectivity index (χ4n) is 0.779. The SMILES string of the molecule is Cc1ccc(S(=O)(=O)O)cc1N.[K]. The van der Waals surface area contributed by atoms with E-state index in [0.29, 0.717) is 5.69 Å². The fourth-order valence-corrected chi connectivity index (χ4v) is 1.29. The number of aryl methyl sites for hydroxylation is 1. The van der Waals surface area contributed by atoms with Crippen molar-refractivity contribution in [2.75, 3.05) is 5.73 Å². The van der Waals surface area contributed by atoms with E-state index >= 15 is 0 Å². The molecular formula is C7H9KNO3S. The number of anilines is 1. The number of hydrogen-bond acceptors (Lipinski definition) is 3. The van der Waals surface area contributed by atoms with Gasteiger partial charge in [0.25, 0.3) is 10.1 Å². The zero-order chi connectivity index (χ0) is 9.35. The average molecular weight is 226 g/mol. The molecule has 1 radical (unpaired) electrons. The summed E-state index contributed by atoms with van der Waals surface area (Å²) in [4.78, 5) is -0.175. The number of nitrogen functional groups attached to an aromatic ring is 1. The maximum Gasteiger partial charge on any atom is 0.294 e. The van der Waals surface area contributed by atoms with E-state index in [9.17, 15) is 8.42 Å². The maximum atomic E-state index is 10.6. The number of benzene rings is 1. The standard InChI is InChI=1S/C7H9NO3S.K/c1-5-2-3-6(4-7(5)8)12(9,10)11;/h2-4H,8H2,1H3,(H,9,10,11);. The van der Waals surface area contributed by atoms with E-state index in [2.05, 4.69) is 0 Å². The van der Waals surface area contributed by atoms with Crippen LogP contribution in [0.2, 0.25) is 0 Å². The van der Waals surface area contributed by atoms with E-state index in [4.69, 9.17) is 10.3 Å². The van der Waals surface area contributed by atoms with Gasteiger partial charge in [-0.3, -0.25) is 4.55 Å². The molecule has 0 aromatic heterocycles. The number of hydrogen-bond donors (Lipinski definition) is 2. The molecule has 0 aliphatic carbocycles. The Kier molecular flexibility index (Phi) is 5.09. The number of rotatable bonds is 1. The van der Waals surface area contributed by atoms with Crippen LogP contribution in [0.5, 0.6) is 0 Å². The molecule has 67 valence electrons. The van der Waals surface area contributed by atoms with Gasteiger partial charge in [-0.25, -0.2) is 0 Å². The summed E-state index contributed by atoms with van der Waals surface area (Å²) in [7, 11) is -4.12. The van der Waals surface area contributed by atoms with Crippen molar-refractivity contribution in [3.05, 3.63) is 23.8 Å². The average Bonchev–Trinajstić information content (AvgIpc) is 1.92. The van der Waals surface area contributed by atoms with Gasteiger partial charge in [0.1, 0.15) is 0 Å². The molecule has 0 fully saturated rings. The van der Waals surface area contributed by atoms with Gasteiger partial charge >= 0.3 is 0 Å². The molecule has 0 saturated carbocycles. The second kappa shape index (κ2) is 4.88. The molecule has 0 spiro atoms. The van der Waals surface area contributed by atoms with Gasteiger partial charge in [0.2, 0.25) is 0 Å². The summed E-state index contributed by atoms with van der Waals surface area (Å²) in [5, 5.41) is 0. The first-order valence-corrected chi connectivity index (χ1v) is 4.69. The molecule has 1 aromatic rings. The minimum absolute atomic E-state index is 0. The third-order valence-corrected chi connectivity index (χ3v) is 2.40. The van der Waals surface area contributed by atoms with E-state index in [-0.39, 0.29) is 56.3 Å². The molecule has 0 aliphatic rings. The first kappa shape index (κ1) is 13.6. The van der Waals surface area contributed by atoms with Gasteiger partial charge in [0, 0.05) is 57.1 Å². The molecule has 0 unspecified atom stereocenters. The first-order chi connectivity index (χ1) is 5.41. The summed E-state index contributed by atoms with van der Waals surface area (Å²) in [6.07, 6.45) is 0. The minimum atomic E-state index is -4.12. The largest absolute Gasteiger partial charge is 0.398 e. The molecule has 0 bridgehead atoms. The second-order valence-electron chi connectivity index (χ2n) is 2.49. The molecule has 1 rings (SSSR count). The van der Waals surface area contributed by atoms with E-state index < -0.39 is 10.1 Å². The van der Waals surface area contributed by atoms with Crippen LogP contribution in [0.1, 0.15) is 5.56 Å². The molecule has 6 heteroatoms. The Morgan fingerprint density at radius 3 is 2.31 bits per heavy atom. The van der Waals surface area contributed by atoms with Gasteiger partial charge in [-0.15, -0.1) is 0 Å². The van der Waals surface area contributed by atoms with Crippen molar-refractivity contribution in [3.63, 3.8) is 0 Å². The zero-order valence-corrected chi connectivity index (χ0v) is 11.4. The van der Waals surface area contributed by atoms with Gasteiger partial charge in [0.15, 0.2) is 0 Å². The van der Waals surface area contributed by atoms with Crippen molar-refractivity contribution >= 4 is 67.2 Å². The van der Waals surface area contributed by atoms with Crippen molar-refractivity contribution in [2.45, 2.75) is 11.8 Å². The predicted octanol–water partition coefficient (Wildman–Crippen LogP) is 0.443. The van der Waals surface area contributed by atoms with Crippen LogP contribution in [0.4, 0.5) is 5.69 Å². The minimum Gasteiger partial charge on any atom is -0.398 e. The molecule has 0 heterocycles. The quantitative estimate of drug-likeness (QED) is 0.414. The van der Waals surface area contributed by atoms with Gasteiger partial charge in [0.05, 0.1) is 4.90 Å². The Morgan fingerprint density at radius 2 is 1.92 bits per heavy atom. The zero-order valence-electron chi connectivity index (χ0n) is 7.48. The van der Waals surface area contributed by atoms with E-state index in [1.807, 2.05) is 0 Å². The fraction of sp³-hybridized carbons (Fsp3) is 0.143. The van der Waals surface area contributed by atoms with Crippen molar-refractivity contribution in [1.29, 1.82) is 0 Å². The van der Waals surface area contributed by atoms with Crippen LogP contribution in [0.15, 0.2) is 23.1 Å². The van der Waals surface area contributed by atoms with Crippen LogP contribution in [0.3, 0.4) is 0 Å². The van der Waals surface area contributed by atoms with Crippen LogP contribution in [0, 0.1) is 6.92 Å². The van der Waals surface area contributed by atoms with Gasteiger partial charge in [-0.2, -0.15) is 8.42 Å². The predicted molar refractivity (Wildman–Crippen MR) is 51.2 cm³/mol. The van der Waals surface area contributed by atoms with E-state index in [1.54, 1.807) is 13.0 Å². The van der Waals surface area contributed by atoms with Gasteiger partial charge in [-0.1, -0.05) is 6.07 Å². The van der Waals surface area contributed by atoms with Crippen LogP contribution in [-0.4, -0.2) is 64.4 Å². The molecule has 4 nitrogen and oxygen atoms in total. The third kappa shape index (κ3) is 3.66. The number of nitrogens with two attached hydrogens (primary N) is 1. The summed E-state index contributed by atoms with van der Waals surface area (Å²) < 4.78 is 29.8. The summed E-state index contributed by atoms with van der Waals surface area (Å²) in [5.74, 6) is 0. The molecular weight excluding hydrogens is 217 g/mol. The summed E-state index contributed by atoms with van der Waals surface area (Å²) in [6.45, 7) is 1.75.